The topological polar surface area (TPSA) is 29.5 Å². The molecule has 0 aliphatic carbocycles. The Balaban J connectivity index is 1.70. The number of carbonyl (C=O) groups excluding carboxylic acids is 1. The van der Waals surface area contributed by atoms with E-state index in [0.717, 1.165) is 11.1 Å². The third kappa shape index (κ3) is 5.16. The summed E-state index contributed by atoms with van der Waals surface area (Å²) in [5.41, 5.74) is 2.71. The standard InChI is InChI=1S/C23H21NO2/c25-23(22-16-8-3-9-17-22)24(26-19-21-13-6-2-7-14-21)18-10-15-20-11-4-1-5-12-20/h1-17H,18-19H2/b15-10+. The lowest BCUT2D eigenvalue weighted by atomic mass is 10.2. The van der Waals surface area contributed by atoms with Crippen LogP contribution in [0.25, 0.3) is 6.08 Å². The normalized spacial score (nSPS) is 10.8. The highest BCUT2D eigenvalue weighted by atomic mass is 16.7. The fourth-order valence-corrected chi connectivity index (χ4v) is 2.49. The van der Waals surface area contributed by atoms with E-state index in [1.165, 1.54) is 5.06 Å². The summed E-state index contributed by atoms with van der Waals surface area (Å²) in [7, 11) is 0. The molecule has 0 heterocycles. The van der Waals surface area contributed by atoms with Gasteiger partial charge in [0.05, 0.1) is 6.54 Å². The maximum atomic E-state index is 12.8. The average molecular weight is 343 g/mol. The SMILES string of the molecule is O=C(c1ccccc1)N(C/C=C/c1ccccc1)OCc1ccccc1. The molecule has 0 unspecified atom stereocenters. The molecule has 3 nitrogen and oxygen atoms in total. The Kier molecular flexibility index (Phi) is 6.35. The molecule has 0 radical (unpaired) electrons. The van der Waals surface area contributed by atoms with E-state index in [-0.39, 0.29) is 5.91 Å². The number of hydrogen-bond acceptors (Lipinski definition) is 2. The third-order valence-electron chi connectivity index (χ3n) is 3.86. The summed E-state index contributed by atoms with van der Waals surface area (Å²) in [6.45, 7) is 0.716. The summed E-state index contributed by atoms with van der Waals surface area (Å²) >= 11 is 0. The summed E-state index contributed by atoms with van der Waals surface area (Å²) in [4.78, 5) is 18.6. The van der Waals surface area contributed by atoms with Crippen LogP contribution in [0.1, 0.15) is 21.5 Å². The maximum absolute atomic E-state index is 12.8. The fraction of sp³-hybridized carbons (Fsp3) is 0.0870. The highest BCUT2D eigenvalue weighted by molar-refractivity contribution is 5.93. The number of benzene rings is 3. The van der Waals surface area contributed by atoms with Crippen LogP contribution in [0.3, 0.4) is 0 Å². The Morgan fingerprint density at radius 3 is 2.04 bits per heavy atom. The molecule has 0 saturated carbocycles. The minimum Gasteiger partial charge on any atom is -0.267 e. The van der Waals surface area contributed by atoms with E-state index in [1.807, 2.05) is 91.0 Å². The third-order valence-corrected chi connectivity index (χ3v) is 3.86. The molecule has 0 fully saturated rings. The number of carbonyl (C=O) groups is 1. The second kappa shape index (κ2) is 9.35. The van der Waals surface area contributed by atoms with E-state index < -0.39 is 0 Å². The van der Waals surface area contributed by atoms with E-state index in [4.69, 9.17) is 4.84 Å². The molecule has 0 aliphatic heterocycles. The predicted octanol–water partition coefficient (Wildman–Crippen LogP) is 4.97. The molecule has 3 heteroatoms. The number of hydrogen-bond donors (Lipinski definition) is 0. The molecule has 3 aromatic rings. The fourth-order valence-electron chi connectivity index (χ4n) is 2.49. The van der Waals surface area contributed by atoms with Gasteiger partial charge in [-0.3, -0.25) is 9.63 Å². The Labute approximate surface area is 154 Å². The molecular formula is C23H21NO2. The van der Waals surface area contributed by atoms with Gasteiger partial charge in [-0.2, -0.15) is 0 Å². The summed E-state index contributed by atoms with van der Waals surface area (Å²) < 4.78 is 0. The molecule has 1 amide bonds. The first-order chi connectivity index (χ1) is 12.8. The summed E-state index contributed by atoms with van der Waals surface area (Å²) in [5.74, 6) is -0.153. The lowest BCUT2D eigenvalue weighted by Crippen LogP contribution is -2.31. The minimum atomic E-state index is -0.153. The zero-order valence-electron chi connectivity index (χ0n) is 14.5. The number of amides is 1. The number of rotatable bonds is 7. The molecule has 0 aliphatic rings. The second-order valence-electron chi connectivity index (χ2n) is 5.80. The lowest BCUT2D eigenvalue weighted by Gasteiger charge is -2.20. The van der Waals surface area contributed by atoms with E-state index in [2.05, 4.69) is 0 Å². The van der Waals surface area contributed by atoms with Crippen LogP contribution in [0.4, 0.5) is 0 Å². The van der Waals surface area contributed by atoms with Gasteiger partial charge in [-0.15, -0.1) is 0 Å². The molecule has 3 rings (SSSR count). The van der Waals surface area contributed by atoms with Crippen molar-refractivity contribution in [1.82, 2.24) is 5.06 Å². The van der Waals surface area contributed by atoms with Crippen molar-refractivity contribution in [2.45, 2.75) is 6.61 Å². The average Bonchev–Trinajstić information content (AvgIpc) is 2.72. The van der Waals surface area contributed by atoms with Crippen LogP contribution in [0.15, 0.2) is 97.1 Å². The van der Waals surface area contributed by atoms with Gasteiger partial charge in [0.25, 0.3) is 5.91 Å². The molecule has 0 spiro atoms. The predicted molar refractivity (Wildman–Crippen MR) is 104 cm³/mol. The maximum Gasteiger partial charge on any atom is 0.277 e. The van der Waals surface area contributed by atoms with Crippen molar-refractivity contribution in [3.05, 3.63) is 114 Å². The van der Waals surface area contributed by atoms with Gasteiger partial charge in [-0.05, 0) is 23.3 Å². The van der Waals surface area contributed by atoms with Crippen molar-refractivity contribution in [1.29, 1.82) is 0 Å². The number of hydroxylamine groups is 2. The number of nitrogens with zero attached hydrogens (tertiary/aromatic N) is 1. The summed E-state index contributed by atoms with van der Waals surface area (Å²) in [6.07, 6.45) is 3.91. The zero-order chi connectivity index (χ0) is 18.0. The quantitative estimate of drug-likeness (QED) is 0.567. The van der Waals surface area contributed by atoms with E-state index in [9.17, 15) is 4.79 Å². The monoisotopic (exact) mass is 343 g/mol. The van der Waals surface area contributed by atoms with Crippen molar-refractivity contribution >= 4 is 12.0 Å². The van der Waals surface area contributed by atoms with Gasteiger partial charge in [0, 0.05) is 5.56 Å². The zero-order valence-corrected chi connectivity index (χ0v) is 14.5. The lowest BCUT2D eigenvalue weighted by molar-refractivity contribution is -0.126. The first-order valence-electron chi connectivity index (χ1n) is 8.58. The van der Waals surface area contributed by atoms with Crippen molar-refractivity contribution in [2.24, 2.45) is 0 Å². The largest absolute Gasteiger partial charge is 0.277 e. The smallest absolute Gasteiger partial charge is 0.267 e. The molecular weight excluding hydrogens is 322 g/mol. The van der Waals surface area contributed by atoms with E-state index in [1.54, 1.807) is 12.1 Å². The Bertz CT molecular complexity index is 830. The van der Waals surface area contributed by atoms with Crippen LogP contribution in [-0.4, -0.2) is 17.5 Å². The van der Waals surface area contributed by atoms with Crippen molar-refractivity contribution < 1.29 is 9.63 Å². The van der Waals surface area contributed by atoms with Crippen molar-refractivity contribution in [3.63, 3.8) is 0 Å². The molecule has 0 atom stereocenters. The highest BCUT2D eigenvalue weighted by Gasteiger charge is 2.15. The van der Waals surface area contributed by atoms with Crippen LogP contribution in [0.2, 0.25) is 0 Å². The van der Waals surface area contributed by atoms with Crippen LogP contribution in [0.5, 0.6) is 0 Å². The first-order valence-corrected chi connectivity index (χ1v) is 8.58. The van der Waals surface area contributed by atoms with E-state index >= 15 is 0 Å². The minimum absolute atomic E-state index is 0.153. The van der Waals surface area contributed by atoms with Gasteiger partial charge < -0.3 is 0 Å². The van der Waals surface area contributed by atoms with Crippen LogP contribution >= 0.6 is 0 Å². The Morgan fingerprint density at radius 2 is 1.38 bits per heavy atom. The van der Waals surface area contributed by atoms with Crippen LogP contribution in [-0.2, 0) is 11.4 Å². The molecule has 0 bridgehead atoms. The molecule has 0 saturated heterocycles. The Hall–Kier alpha value is -3.17. The van der Waals surface area contributed by atoms with E-state index in [0.29, 0.717) is 18.7 Å². The molecule has 26 heavy (non-hydrogen) atoms. The second-order valence-corrected chi connectivity index (χ2v) is 5.80. The Morgan fingerprint density at radius 1 is 0.808 bits per heavy atom. The van der Waals surface area contributed by atoms with Crippen molar-refractivity contribution in [2.75, 3.05) is 6.54 Å². The first kappa shape index (κ1) is 17.6. The molecule has 0 N–H and O–H groups in total. The van der Waals surface area contributed by atoms with Gasteiger partial charge in [0.1, 0.15) is 6.61 Å². The summed E-state index contributed by atoms with van der Waals surface area (Å²) in [5, 5.41) is 1.40. The molecule has 3 aromatic carbocycles. The molecule has 0 aromatic heterocycles. The van der Waals surface area contributed by atoms with Crippen LogP contribution in [0, 0.1) is 0 Å². The molecule has 130 valence electrons. The van der Waals surface area contributed by atoms with Crippen molar-refractivity contribution in [3.8, 4) is 0 Å². The van der Waals surface area contributed by atoms with Gasteiger partial charge in [-0.1, -0.05) is 91.0 Å². The van der Waals surface area contributed by atoms with Gasteiger partial charge in [-0.25, -0.2) is 5.06 Å². The highest BCUT2D eigenvalue weighted by Crippen LogP contribution is 2.10. The van der Waals surface area contributed by atoms with Crippen LogP contribution < -0.4 is 0 Å². The summed E-state index contributed by atoms with van der Waals surface area (Å²) in [6, 6.07) is 29.0. The van der Waals surface area contributed by atoms with Gasteiger partial charge in [0.15, 0.2) is 0 Å². The van der Waals surface area contributed by atoms with Gasteiger partial charge in [0.2, 0.25) is 0 Å². The van der Waals surface area contributed by atoms with Gasteiger partial charge >= 0.3 is 0 Å².